The molecule has 1 aromatic heterocycles. The Kier molecular flexibility index (Phi) is 8.00. The summed E-state index contributed by atoms with van der Waals surface area (Å²) in [5.74, 6) is -0.423. The molecule has 1 unspecified atom stereocenters. The van der Waals surface area contributed by atoms with Gasteiger partial charge in [-0.25, -0.2) is 14.2 Å². The number of carboxylic acids is 1. The summed E-state index contributed by atoms with van der Waals surface area (Å²) in [6, 6.07) is 5.80. The van der Waals surface area contributed by atoms with Gasteiger partial charge in [0, 0.05) is 30.8 Å². The van der Waals surface area contributed by atoms with E-state index in [9.17, 15) is 19.1 Å². The first kappa shape index (κ1) is 25.1. The summed E-state index contributed by atoms with van der Waals surface area (Å²) in [5.41, 5.74) is 3.68. The molecule has 2 aromatic rings. The number of carbonyl (C=O) groups is 2. The number of amides is 1. The topological polar surface area (TPSA) is 101 Å². The van der Waals surface area contributed by atoms with E-state index in [4.69, 9.17) is 9.72 Å². The SMILES string of the molecule is Cc1cc(F)cc(C)c1C(=O)NC(CCO[C@H]1C[C@@H](CCc2ccc3c(n2)NCCC3)C1)C(=O)O. The van der Waals surface area contributed by atoms with E-state index in [-0.39, 0.29) is 19.1 Å². The summed E-state index contributed by atoms with van der Waals surface area (Å²) >= 11 is 0. The number of hydrogen-bond acceptors (Lipinski definition) is 5. The molecular formula is C27H34FN3O4. The number of carboxylic acid groups (broad SMARTS) is 1. The highest BCUT2D eigenvalue weighted by Gasteiger charge is 2.30. The molecule has 4 rings (SSSR count). The molecule has 1 aliphatic heterocycles. The standard InChI is InChI=1S/C27H34FN3O4/c1-16-12-20(28)13-17(2)24(16)26(32)31-23(27(33)34)9-11-35-22-14-18(15-22)5-7-21-8-6-19-4-3-10-29-25(19)30-21/h6,8,12-13,18,22-23H,3-5,7,9-11,14-15H2,1-2H3,(H,29,30)(H,31,32)(H,33,34)/t18-,22+,23?. The highest BCUT2D eigenvalue weighted by atomic mass is 19.1. The van der Waals surface area contributed by atoms with Crippen LogP contribution in [0.2, 0.25) is 0 Å². The number of halogens is 1. The van der Waals surface area contributed by atoms with E-state index in [0.717, 1.165) is 56.6 Å². The van der Waals surface area contributed by atoms with Crippen LogP contribution in [0.3, 0.4) is 0 Å². The van der Waals surface area contributed by atoms with Crippen LogP contribution in [0.5, 0.6) is 0 Å². The highest BCUT2D eigenvalue weighted by Crippen LogP contribution is 2.34. The Bertz CT molecular complexity index is 1060. The molecule has 35 heavy (non-hydrogen) atoms. The second kappa shape index (κ2) is 11.2. The lowest BCUT2D eigenvalue weighted by molar-refractivity contribution is -0.140. The van der Waals surface area contributed by atoms with Gasteiger partial charge in [-0.2, -0.15) is 0 Å². The van der Waals surface area contributed by atoms with Crippen molar-refractivity contribution in [1.29, 1.82) is 0 Å². The third-order valence-electron chi connectivity index (χ3n) is 7.04. The Morgan fingerprint density at radius 3 is 2.71 bits per heavy atom. The Hall–Kier alpha value is -3.00. The number of aromatic nitrogens is 1. The van der Waals surface area contributed by atoms with Crippen LogP contribution >= 0.6 is 0 Å². The van der Waals surface area contributed by atoms with E-state index in [1.54, 1.807) is 13.8 Å². The fourth-order valence-corrected chi connectivity index (χ4v) is 5.02. The van der Waals surface area contributed by atoms with Crippen molar-refractivity contribution in [2.45, 2.75) is 70.9 Å². The van der Waals surface area contributed by atoms with Gasteiger partial charge in [-0.15, -0.1) is 0 Å². The summed E-state index contributed by atoms with van der Waals surface area (Å²) in [5, 5.41) is 15.5. The molecule has 1 aromatic carbocycles. The fourth-order valence-electron chi connectivity index (χ4n) is 5.02. The lowest BCUT2D eigenvalue weighted by atomic mass is 9.79. The van der Waals surface area contributed by atoms with Crippen molar-refractivity contribution in [3.8, 4) is 0 Å². The van der Waals surface area contributed by atoms with Crippen LogP contribution in [0, 0.1) is 25.6 Å². The van der Waals surface area contributed by atoms with Crippen LogP contribution in [0.25, 0.3) is 0 Å². The molecule has 0 saturated heterocycles. The number of anilines is 1. The Morgan fingerprint density at radius 2 is 2.00 bits per heavy atom. The molecule has 3 N–H and O–H groups in total. The summed E-state index contributed by atoms with van der Waals surface area (Å²) < 4.78 is 19.4. The number of pyridine rings is 1. The quantitative estimate of drug-likeness (QED) is 0.468. The minimum atomic E-state index is -1.11. The number of nitrogens with zero attached hydrogens (tertiary/aromatic N) is 1. The van der Waals surface area contributed by atoms with Gasteiger partial charge in [-0.05, 0) is 93.2 Å². The summed E-state index contributed by atoms with van der Waals surface area (Å²) in [7, 11) is 0. The van der Waals surface area contributed by atoms with Gasteiger partial charge >= 0.3 is 5.97 Å². The van der Waals surface area contributed by atoms with Gasteiger partial charge < -0.3 is 20.5 Å². The van der Waals surface area contributed by atoms with Gasteiger partial charge in [-0.3, -0.25) is 4.79 Å². The zero-order valence-electron chi connectivity index (χ0n) is 20.4. The van der Waals surface area contributed by atoms with E-state index in [1.807, 2.05) is 0 Å². The molecule has 0 radical (unpaired) electrons. The summed E-state index contributed by atoms with van der Waals surface area (Å²) in [6.45, 7) is 4.52. The first-order valence-corrected chi connectivity index (χ1v) is 12.4. The monoisotopic (exact) mass is 483 g/mol. The molecule has 0 spiro atoms. The van der Waals surface area contributed by atoms with E-state index in [1.165, 1.54) is 17.7 Å². The first-order valence-electron chi connectivity index (χ1n) is 12.4. The van der Waals surface area contributed by atoms with Crippen molar-refractivity contribution >= 4 is 17.7 Å². The van der Waals surface area contributed by atoms with Crippen molar-refractivity contribution in [3.63, 3.8) is 0 Å². The number of nitrogens with one attached hydrogen (secondary N) is 2. The second-order valence-electron chi connectivity index (χ2n) is 9.78. The third kappa shape index (κ3) is 6.36. The number of fused-ring (bicyclic) bond motifs is 1. The molecule has 1 fully saturated rings. The molecule has 8 heteroatoms. The van der Waals surface area contributed by atoms with Crippen LogP contribution in [0.4, 0.5) is 10.2 Å². The molecule has 1 amide bonds. The van der Waals surface area contributed by atoms with Gasteiger partial charge in [0.1, 0.15) is 17.7 Å². The molecule has 1 saturated carbocycles. The molecule has 1 aliphatic carbocycles. The zero-order valence-corrected chi connectivity index (χ0v) is 20.4. The number of hydrogen-bond donors (Lipinski definition) is 3. The van der Waals surface area contributed by atoms with Crippen LogP contribution in [0.15, 0.2) is 24.3 Å². The van der Waals surface area contributed by atoms with Gasteiger partial charge in [0.15, 0.2) is 0 Å². The van der Waals surface area contributed by atoms with Gasteiger partial charge in [0.2, 0.25) is 0 Å². The predicted octanol–water partition coefficient (Wildman–Crippen LogP) is 4.20. The Morgan fingerprint density at radius 1 is 1.26 bits per heavy atom. The van der Waals surface area contributed by atoms with E-state index in [2.05, 4.69) is 22.8 Å². The number of carbonyl (C=O) groups excluding carboxylic acids is 1. The average molecular weight is 484 g/mol. The maximum atomic E-state index is 13.5. The molecule has 188 valence electrons. The smallest absolute Gasteiger partial charge is 0.326 e. The minimum absolute atomic E-state index is 0.130. The van der Waals surface area contributed by atoms with Crippen LogP contribution in [0.1, 0.15) is 64.8 Å². The highest BCUT2D eigenvalue weighted by molar-refractivity contribution is 5.99. The molecule has 2 aliphatic rings. The van der Waals surface area contributed by atoms with Crippen molar-refractivity contribution in [1.82, 2.24) is 10.3 Å². The van der Waals surface area contributed by atoms with Gasteiger partial charge in [0.05, 0.1) is 6.10 Å². The maximum Gasteiger partial charge on any atom is 0.326 e. The van der Waals surface area contributed by atoms with Crippen molar-refractivity contribution in [3.05, 3.63) is 58.0 Å². The van der Waals surface area contributed by atoms with Gasteiger partial charge in [-0.1, -0.05) is 6.07 Å². The molecular weight excluding hydrogens is 449 g/mol. The summed E-state index contributed by atoms with van der Waals surface area (Å²) in [4.78, 5) is 29.1. The van der Waals surface area contributed by atoms with Crippen LogP contribution in [-0.2, 0) is 22.4 Å². The first-order chi connectivity index (χ1) is 16.8. The number of aryl methyl sites for hydroxylation is 4. The molecule has 1 atom stereocenters. The van der Waals surface area contributed by atoms with Crippen molar-refractivity contribution < 1.29 is 23.8 Å². The minimum Gasteiger partial charge on any atom is -0.480 e. The average Bonchev–Trinajstić information content (AvgIpc) is 2.78. The number of ether oxygens (including phenoxy) is 1. The van der Waals surface area contributed by atoms with Crippen LogP contribution < -0.4 is 10.6 Å². The lowest BCUT2D eigenvalue weighted by Gasteiger charge is -2.35. The fraction of sp³-hybridized carbons (Fsp3) is 0.519. The Labute approximate surface area is 205 Å². The van der Waals surface area contributed by atoms with E-state index < -0.39 is 23.7 Å². The largest absolute Gasteiger partial charge is 0.480 e. The van der Waals surface area contributed by atoms with Crippen molar-refractivity contribution in [2.24, 2.45) is 5.92 Å². The number of aliphatic carboxylic acids is 1. The van der Waals surface area contributed by atoms with E-state index >= 15 is 0 Å². The molecule has 7 nitrogen and oxygen atoms in total. The maximum absolute atomic E-state index is 13.5. The molecule has 2 heterocycles. The van der Waals surface area contributed by atoms with Gasteiger partial charge in [0.25, 0.3) is 5.91 Å². The normalized spacial score (nSPS) is 19.7. The van der Waals surface area contributed by atoms with Crippen LogP contribution in [-0.4, -0.2) is 47.3 Å². The van der Waals surface area contributed by atoms with E-state index in [0.29, 0.717) is 22.6 Å². The zero-order chi connectivity index (χ0) is 24.9. The molecule has 0 bridgehead atoms. The predicted molar refractivity (Wildman–Crippen MR) is 131 cm³/mol. The van der Waals surface area contributed by atoms with Crippen molar-refractivity contribution in [2.75, 3.05) is 18.5 Å². The third-order valence-corrected chi connectivity index (χ3v) is 7.04. The number of rotatable bonds is 10. The number of benzene rings is 1. The Balaban J connectivity index is 1.18. The lowest BCUT2D eigenvalue weighted by Crippen LogP contribution is -2.42. The summed E-state index contributed by atoms with van der Waals surface area (Å²) in [6.07, 6.45) is 6.48. The second-order valence-corrected chi connectivity index (χ2v) is 9.78.